The first-order valence-electron chi connectivity index (χ1n) is 7.80. The van der Waals surface area contributed by atoms with E-state index in [1.54, 1.807) is 27.4 Å². The van der Waals surface area contributed by atoms with Gasteiger partial charge in [-0.15, -0.1) is 0 Å². The standard InChI is InChI=1S/C16H22N4O4/c1-10-5-12(24-19-10)6-11-8-20(9-13(11)21-2)16-17-14(22-3)7-15(18-16)23-4/h5,7,11,13H,6,8-9H2,1-4H3/t11-,13+/m1/s1. The van der Waals surface area contributed by atoms with E-state index in [1.807, 2.05) is 13.0 Å². The fraction of sp³-hybridized carbons (Fsp3) is 0.562. The highest BCUT2D eigenvalue weighted by atomic mass is 16.5. The van der Waals surface area contributed by atoms with Crippen LogP contribution in [0, 0.1) is 12.8 Å². The van der Waals surface area contributed by atoms with Gasteiger partial charge in [0.25, 0.3) is 0 Å². The van der Waals surface area contributed by atoms with Crippen molar-refractivity contribution in [3.05, 3.63) is 23.6 Å². The summed E-state index contributed by atoms with van der Waals surface area (Å²) in [5.74, 6) is 2.65. The van der Waals surface area contributed by atoms with E-state index < -0.39 is 0 Å². The number of hydrogen-bond donors (Lipinski definition) is 0. The molecule has 1 fully saturated rings. The summed E-state index contributed by atoms with van der Waals surface area (Å²) in [7, 11) is 4.87. The van der Waals surface area contributed by atoms with Crippen LogP contribution in [0.1, 0.15) is 11.5 Å². The van der Waals surface area contributed by atoms with Gasteiger partial charge < -0.3 is 23.6 Å². The molecule has 8 nitrogen and oxygen atoms in total. The van der Waals surface area contributed by atoms with Crippen LogP contribution >= 0.6 is 0 Å². The Bertz CT molecular complexity index is 668. The van der Waals surface area contributed by atoms with Crippen molar-refractivity contribution >= 4 is 5.95 Å². The molecule has 1 aliphatic rings. The fourth-order valence-corrected chi connectivity index (χ4v) is 2.98. The number of rotatable bonds is 6. The monoisotopic (exact) mass is 334 g/mol. The maximum absolute atomic E-state index is 5.65. The topological polar surface area (TPSA) is 82.7 Å². The Morgan fingerprint density at radius 1 is 1.12 bits per heavy atom. The third-order valence-electron chi connectivity index (χ3n) is 4.19. The average molecular weight is 334 g/mol. The van der Waals surface area contributed by atoms with E-state index in [9.17, 15) is 0 Å². The minimum Gasteiger partial charge on any atom is -0.481 e. The molecule has 2 aromatic rings. The first-order valence-corrected chi connectivity index (χ1v) is 7.80. The van der Waals surface area contributed by atoms with Gasteiger partial charge in [-0.05, 0) is 6.92 Å². The molecular weight excluding hydrogens is 312 g/mol. The number of ether oxygens (including phenoxy) is 3. The van der Waals surface area contributed by atoms with Crippen molar-refractivity contribution in [3.63, 3.8) is 0 Å². The zero-order chi connectivity index (χ0) is 17.1. The second-order valence-corrected chi connectivity index (χ2v) is 5.83. The minimum atomic E-state index is 0.0659. The SMILES string of the molecule is COc1cc(OC)nc(N2C[C@@H](Cc3cc(C)no3)[C@@H](OC)C2)n1. The maximum Gasteiger partial charge on any atom is 0.232 e. The number of aryl methyl sites for hydroxylation is 1. The van der Waals surface area contributed by atoms with E-state index in [1.165, 1.54) is 0 Å². The van der Waals surface area contributed by atoms with Crippen molar-refractivity contribution < 1.29 is 18.7 Å². The molecule has 0 bridgehead atoms. The third-order valence-corrected chi connectivity index (χ3v) is 4.19. The van der Waals surface area contributed by atoms with Crippen molar-refractivity contribution in [1.82, 2.24) is 15.1 Å². The van der Waals surface area contributed by atoms with Crippen LogP contribution in [-0.2, 0) is 11.2 Å². The fourth-order valence-electron chi connectivity index (χ4n) is 2.98. The Morgan fingerprint density at radius 2 is 1.83 bits per heavy atom. The van der Waals surface area contributed by atoms with Crippen molar-refractivity contribution in [1.29, 1.82) is 0 Å². The van der Waals surface area contributed by atoms with Gasteiger partial charge in [-0.1, -0.05) is 5.16 Å². The largest absolute Gasteiger partial charge is 0.481 e. The van der Waals surface area contributed by atoms with E-state index in [4.69, 9.17) is 18.7 Å². The lowest BCUT2D eigenvalue weighted by molar-refractivity contribution is 0.0812. The molecule has 2 aromatic heterocycles. The van der Waals surface area contributed by atoms with Crippen molar-refractivity contribution in [2.24, 2.45) is 5.92 Å². The van der Waals surface area contributed by atoms with E-state index in [0.717, 1.165) is 24.4 Å². The van der Waals surface area contributed by atoms with Crippen LogP contribution in [0.25, 0.3) is 0 Å². The second-order valence-electron chi connectivity index (χ2n) is 5.83. The lowest BCUT2D eigenvalue weighted by Crippen LogP contribution is -2.24. The van der Waals surface area contributed by atoms with Crippen LogP contribution in [0.5, 0.6) is 11.8 Å². The molecule has 0 spiro atoms. The molecule has 1 saturated heterocycles. The molecule has 1 aliphatic heterocycles. The van der Waals surface area contributed by atoms with Gasteiger partial charge in [0.05, 0.1) is 32.1 Å². The van der Waals surface area contributed by atoms with Crippen molar-refractivity contribution in [2.45, 2.75) is 19.4 Å². The summed E-state index contributed by atoms with van der Waals surface area (Å²) < 4.78 is 21.4. The number of aromatic nitrogens is 3. The summed E-state index contributed by atoms with van der Waals surface area (Å²) in [6.45, 7) is 3.37. The van der Waals surface area contributed by atoms with Crippen LogP contribution in [0.2, 0.25) is 0 Å². The number of methoxy groups -OCH3 is 3. The Labute approximate surface area is 140 Å². The molecule has 0 unspecified atom stereocenters. The molecule has 0 aliphatic carbocycles. The lowest BCUT2D eigenvalue weighted by atomic mass is 10.0. The molecular formula is C16H22N4O4. The molecule has 130 valence electrons. The number of hydrogen-bond acceptors (Lipinski definition) is 8. The zero-order valence-electron chi connectivity index (χ0n) is 14.4. The number of anilines is 1. The highest BCUT2D eigenvalue weighted by Gasteiger charge is 2.35. The second kappa shape index (κ2) is 7.04. The quantitative estimate of drug-likeness (QED) is 0.786. The lowest BCUT2D eigenvalue weighted by Gasteiger charge is -2.17. The first kappa shape index (κ1) is 16.5. The normalized spacial score (nSPS) is 20.4. The molecule has 0 radical (unpaired) electrons. The molecule has 0 saturated carbocycles. The minimum absolute atomic E-state index is 0.0659. The average Bonchev–Trinajstić information content (AvgIpc) is 3.20. The van der Waals surface area contributed by atoms with E-state index in [0.29, 0.717) is 24.3 Å². The molecule has 0 aromatic carbocycles. The predicted molar refractivity (Wildman–Crippen MR) is 86.6 cm³/mol. The molecule has 0 amide bonds. The van der Waals surface area contributed by atoms with Gasteiger partial charge in [0.2, 0.25) is 17.7 Å². The Morgan fingerprint density at radius 3 is 2.38 bits per heavy atom. The van der Waals surface area contributed by atoms with Gasteiger partial charge in [-0.25, -0.2) is 0 Å². The van der Waals surface area contributed by atoms with E-state index in [2.05, 4.69) is 20.0 Å². The smallest absolute Gasteiger partial charge is 0.232 e. The van der Waals surface area contributed by atoms with E-state index >= 15 is 0 Å². The van der Waals surface area contributed by atoms with Crippen LogP contribution in [0.3, 0.4) is 0 Å². The molecule has 3 heterocycles. The summed E-state index contributed by atoms with van der Waals surface area (Å²) in [5.41, 5.74) is 0.884. The predicted octanol–water partition coefficient (Wildman–Crippen LogP) is 1.48. The number of nitrogens with zero attached hydrogens (tertiary/aromatic N) is 4. The zero-order valence-corrected chi connectivity index (χ0v) is 14.4. The first-order chi connectivity index (χ1) is 11.6. The van der Waals surface area contributed by atoms with Gasteiger partial charge in [0.1, 0.15) is 5.76 Å². The summed E-state index contributed by atoms with van der Waals surface area (Å²) in [6.07, 6.45) is 0.827. The molecule has 0 N–H and O–H groups in total. The third kappa shape index (κ3) is 3.43. The van der Waals surface area contributed by atoms with Crippen molar-refractivity contribution in [2.75, 3.05) is 39.3 Å². The highest BCUT2D eigenvalue weighted by molar-refractivity contribution is 5.38. The van der Waals surface area contributed by atoms with Crippen LogP contribution in [-0.4, -0.2) is 55.6 Å². The van der Waals surface area contributed by atoms with Gasteiger partial charge in [0.15, 0.2) is 0 Å². The van der Waals surface area contributed by atoms with E-state index in [-0.39, 0.29) is 12.0 Å². The summed E-state index contributed by atoms with van der Waals surface area (Å²) in [6, 6.07) is 3.61. The van der Waals surface area contributed by atoms with Crippen LogP contribution in [0.4, 0.5) is 5.95 Å². The van der Waals surface area contributed by atoms with Crippen molar-refractivity contribution in [3.8, 4) is 11.8 Å². The summed E-state index contributed by atoms with van der Waals surface area (Å²) >= 11 is 0. The Kier molecular flexibility index (Phi) is 4.84. The summed E-state index contributed by atoms with van der Waals surface area (Å²) in [5, 5.41) is 3.94. The highest BCUT2D eigenvalue weighted by Crippen LogP contribution is 2.28. The molecule has 3 rings (SSSR count). The van der Waals surface area contributed by atoms with Gasteiger partial charge in [-0.3, -0.25) is 0 Å². The molecule has 8 heteroatoms. The van der Waals surface area contributed by atoms with Gasteiger partial charge in [-0.2, -0.15) is 9.97 Å². The van der Waals surface area contributed by atoms with Crippen LogP contribution < -0.4 is 14.4 Å². The molecule has 24 heavy (non-hydrogen) atoms. The maximum atomic E-state index is 5.65. The Hall–Kier alpha value is -2.35. The van der Waals surface area contributed by atoms with Gasteiger partial charge >= 0.3 is 0 Å². The van der Waals surface area contributed by atoms with Gasteiger partial charge in [0, 0.05) is 38.6 Å². The molecule has 2 atom stereocenters. The Balaban J connectivity index is 1.78. The van der Waals surface area contributed by atoms with Crippen LogP contribution in [0.15, 0.2) is 16.7 Å². The summed E-state index contributed by atoms with van der Waals surface area (Å²) in [4.78, 5) is 10.9.